The van der Waals surface area contributed by atoms with Gasteiger partial charge < -0.3 is 14.6 Å². The van der Waals surface area contributed by atoms with Gasteiger partial charge in [-0.3, -0.25) is 4.79 Å². The maximum Gasteiger partial charge on any atom is 0.233 e. The lowest BCUT2D eigenvalue weighted by atomic mass is 10.2. The van der Waals surface area contributed by atoms with E-state index in [2.05, 4.69) is 16.8 Å². The van der Waals surface area contributed by atoms with Gasteiger partial charge in [0, 0.05) is 25.4 Å². The van der Waals surface area contributed by atoms with Crippen LogP contribution in [0.1, 0.15) is 50.0 Å². The van der Waals surface area contributed by atoms with E-state index < -0.39 is 0 Å². The molecule has 0 spiro atoms. The Balaban J connectivity index is 2.05. The van der Waals surface area contributed by atoms with Gasteiger partial charge in [-0.1, -0.05) is 24.6 Å². The number of rotatable bonds is 7. The third-order valence-corrected chi connectivity index (χ3v) is 5.37. The molecule has 124 valence electrons. The molecule has 0 unspecified atom stereocenters. The molecular formula is C16H27N3O2S. The minimum Gasteiger partial charge on any atom is -0.383 e. The Morgan fingerprint density at radius 2 is 2.14 bits per heavy atom. The second-order valence-electron chi connectivity index (χ2n) is 5.92. The van der Waals surface area contributed by atoms with E-state index in [-0.39, 0.29) is 11.2 Å². The monoisotopic (exact) mass is 325 g/mol. The molecule has 0 bridgehead atoms. The highest BCUT2D eigenvalue weighted by molar-refractivity contribution is 8.00. The first-order chi connectivity index (χ1) is 10.5. The molecule has 1 aromatic rings. The van der Waals surface area contributed by atoms with Crippen LogP contribution in [-0.4, -0.2) is 41.0 Å². The molecule has 1 amide bonds. The fraction of sp³-hybridized carbons (Fsp3) is 0.750. The van der Waals surface area contributed by atoms with Crippen LogP contribution in [-0.2, 0) is 9.53 Å². The Labute approximate surface area is 137 Å². The van der Waals surface area contributed by atoms with Gasteiger partial charge >= 0.3 is 0 Å². The smallest absolute Gasteiger partial charge is 0.233 e. The molecule has 6 heteroatoms. The van der Waals surface area contributed by atoms with Gasteiger partial charge in [-0.2, -0.15) is 0 Å². The third kappa shape index (κ3) is 4.04. The number of thioether (sulfide) groups is 1. The number of nitrogens with zero attached hydrogens (tertiary/aromatic N) is 2. The molecule has 1 aliphatic rings. The van der Waals surface area contributed by atoms with Crippen LogP contribution in [0.15, 0.2) is 5.16 Å². The number of amides is 1. The highest BCUT2D eigenvalue weighted by atomic mass is 32.2. The average Bonchev–Trinajstić information content (AvgIpc) is 3.08. The van der Waals surface area contributed by atoms with Crippen molar-refractivity contribution in [1.82, 2.24) is 14.9 Å². The topological polar surface area (TPSA) is 56.1 Å². The fourth-order valence-corrected chi connectivity index (χ4v) is 4.00. The zero-order valence-corrected chi connectivity index (χ0v) is 14.8. The third-order valence-electron chi connectivity index (χ3n) is 4.30. The van der Waals surface area contributed by atoms with Crippen molar-refractivity contribution in [3.05, 3.63) is 11.4 Å². The van der Waals surface area contributed by atoms with Crippen molar-refractivity contribution in [2.45, 2.75) is 62.9 Å². The first-order valence-corrected chi connectivity index (χ1v) is 8.91. The summed E-state index contributed by atoms with van der Waals surface area (Å²) in [6.45, 7) is 7.21. The van der Waals surface area contributed by atoms with Crippen LogP contribution in [0.3, 0.4) is 0 Å². The molecule has 0 aliphatic heterocycles. The average molecular weight is 325 g/mol. The molecule has 2 rings (SSSR count). The SMILES string of the molecule is COCCNC(=O)[C@@H](C)Sc1nc(C)c(C)n1C1CCCC1. The zero-order chi connectivity index (χ0) is 16.1. The number of hydrogen-bond acceptors (Lipinski definition) is 4. The minimum atomic E-state index is -0.154. The summed E-state index contributed by atoms with van der Waals surface area (Å²) in [7, 11) is 1.63. The van der Waals surface area contributed by atoms with Gasteiger partial charge in [0.15, 0.2) is 5.16 Å². The van der Waals surface area contributed by atoms with Crippen molar-refractivity contribution >= 4 is 17.7 Å². The summed E-state index contributed by atoms with van der Waals surface area (Å²) in [5.74, 6) is 0.0401. The number of imidazole rings is 1. The Morgan fingerprint density at radius 3 is 2.77 bits per heavy atom. The van der Waals surface area contributed by atoms with E-state index in [1.54, 1.807) is 18.9 Å². The fourth-order valence-electron chi connectivity index (χ4n) is 2.90. The van der Waals surface area contributed by atoms with Crippen molar-refractivity contribution in [2.75, 3.05) is 20.3 Å². The van der Waals surface area contributed by atoms with Crippen LogP contribution in [0.2, 0.25) is 0 Å². The van der Waals surface area contributed by atoms with E-state index in [0.717, 1.165) is 10.9 Å². The predicted molar refractivity (Wildman–Crippen MR) is 89.4 cm³/mol. The molecule has 5 nitrogen and oxygen atoms in total. The number of ether oxygens (including phenoxy) is 1. The van der Waals surface area contributed by atoms with Crippen molar-refractivity contribution in [2.24, 2.45) is 0 Å². The van der Waals surface area contributed by atoms with Gasteiger partial charge in [-0.15, -0.1) is 0 Å². The number of aryl methyl sites for hydroxylation is 1. The highest BCUT2D eigenvalue weighted by Crippen LogP contribution is 2.36. The van der Waals surface area contributed by atoms with E-state index in [4.69, 9.17) is 9.72 Å². The zero-order valence-electron chi connectivity index (χ0n) is 14.0. The molecular weight excluding hydrogens is 298 g/mol. The quantitative estimate of drug-likeness (QED) is 0.619. The minimum absolute atomic E-state index is 0.0401. The lowest BCUT2D eigenvalue weighted by Gasteiger charge is -2.18. The van der Waals surface area contributed by atoms with Crippen LogP contribution >= 0.6 is 11.8 Å². The van der Waals surface area contributed by atoms with Crippen LogP contribution in [0, 0.1) is 13.8 Å². The Bertz CT molecular complexity index is 510. The van der Waals surface area contributed by atoms with Gasteiger partial charge in [-0.25, -0.2) is 4.98 Å². The summed E-state index contributed by atoms with van der Waals surface area (Å²) in [5, 5.41) is 3.72. The van der Waals surface area contributed by atoms with Gasteiger partial charge in [0.25, 0.3) is 0 Å². The number of aromatic nitrogens is 2. The van der Waals surface area contributed by atoms with E-state index in [1.165, 1.54) is 31.4 Å². The molecule has 1 saturated carbocycles. The maximum absolute atomic E-state index is 12.1. The first-order valence-electron chi connectivity index (χ1n) is 8.03. The summed E-state index contributed by atoms with van der Waals surface area (Å²) in [6, 6.07) is 0.549. The largest absolute Gasteiger partial charge is 0.383 e. The van der Waals surface area contributed by atoms with Crippen LogP contribution in [0.5, 0.6) is 0 Å². The summed E-state index contributed by atoms with van der Waals surface area (Å²) >= 11 is 1.56. The summed E-state index contributed by atoms with van der Waals surface area (Å²) < 4.78 is 7.31. The lowest BCUT2D eigenvalue weighted by Crippen LogP contribution is -2.33. The van der Waals surface area contributed by atoms with Crippen LogP contribution in [0.25, 0.3) is 0 Å². The standard InChI is InChI=1S/C16H27N3O2S/c1-11-12(2)19(14-7-5-6-8-14)16(18-11)22-13(3)15(20)17-9-10-21-4/h13-14H,5-10H2,1-4H3,(H,17,20)/t13-/m1/s1. The van der Waals surface area contributed by atoms with Gasteiger partial charge in [0.2, 0.25) is 5.91 Å². The number of methoxy groups -OCH3 is 1. The molecule has 0 aromatic carbocycles. The molecule has 1 fully saturated rings. The number of carbonyl (C=O) groups is 1. The molecule has 1 aliphatic carbocycles. The molecule has 1 aromatic heterocycles. The van der Waals surface area contributed by atoms with E-state index in [0.29, 0.717) is 19.2 Å². The molecule has 1 heterocycles. The highest BCUT2D eigenvalue weighted by Gasteiger charge is 2.25. The molecule has 1 atom stereocenters. The van der Waals surface area contributed by atoms with Gasteiger partial charge in [0.05, 0.1) is 17.6 Å². The van der Waals surface area contributed by atoms with Crippen molar-refractivity contribution in [3.63, 3.8) is 0 Å². The van der Waals surface area contributed by atoms with E-state index in [9.17, 15) is 4.79 Å². The second kappa shape index (κ2) is 8.02. The number of nitrogens with one attached hydrogen (secondary N) is 1. The number of hydrogen-bond donors (Lipinski definition) is 1. The molecule has 0 saturated heterocycles. The maximum atomic E-state index is 12.1. The predicted octanol–water partition coefficient (Wildman–Crippen LogP) is 2.86. The summed E-state index contributed by atoms with van der Waals surface area (Å²) in [4.78, 5) is 16.8. The lowest BCUT2D eigenvalue weighted by molar-refractivity contribution is -0.120. The van der Waals surface area contributed by atoms with Crippen LogP contribution < -0.4 is 5.32 Å². The first kappa shape index (κ1) is 17.3. The van der Waals surface area contributed by atoms with E-state index in [1.807, 2.05) is 13.8 Å². The summed E-state index contributed by atoms with van der Waals surface area (Å²) in [6.07, 6.45) is 5.02. The number of carbonyl (C=O) groups excluding carboxylic acids is 1. The van der Waals surface area contributed by atoms with Crippen molar-refractivity contribution < 1.29 is 9.53 Å². The van der Waals surface area contributed by atoms with Crippen molar-refractivity contribution in [1.29, 1.82) is 0 Å². The van der Waals surface area contributed by atoms with Gasteiger partial charge in [0.1, 0.15) is 0 Å². The Kier molecular flexibility index (Phi) is 6.32. The normalized spacial score (nSPS) is 16.9. The van der Waals surface area contributed by atoms with Crippen LogP contribution in [0.4, 0.5) is 0 Å². The Hall–Kier alpha value is -1.01. The summed E-state index contributed by atoms with van der Waals surface area (Å²) in [5.41, 5.74) is 2.31. The Morgan fingerprint density at radius 1 is 1.45 bits per heavy atom. The van der Waals surface area contributed by atoms with Crippen molar-refractivity contribution in [3.8, 4) is 0 Å². The molecule has 1 N–H and O–H groups in total. The molecule has 0 radical (unpaired) electrons. The van der Waals surface area contributed by atoms with E-state index >= 15 is 0 Å². The van der Waals surface area contributed by atoms with Gasteiger partial charge in [-0.05, 0) is 33.6 Å². The molecule has 22 heavy (non-hydrogen) atoms. The second-order valence-corrected chi connectivity index (χ2v) is 7.23.